The summed E-state index contributed by atoms with van der Waals surface area (Å²) in [6.07, 6.45) is 1.87. The van der Waals surface area contributed by atoms with Gasteiger partial charge in [0.25, 0.3) is 0 Å². The molecule has 2 rings (SSSR count). The van der Waals surface area contributed by atoms with Crippen LogP contribution in [0.15, 0.2) is 24.3 Å². The number of nitrogens with one attached hydrogen (secondary N) is 1. The monoisotopic (exact) mass is 281 g/mol. The third kappa shape index (κ3) is 3.93. The van der Waals surface area contributed by atoms with Crippen LogP contribution in [-0.2, 0) is 9.53 Å². The quantitative estimate of drug-likeness (QED) is 0.839. The SMILES string of the molecule is COC(=O)C(COc1ccc(F)cc1)C1CCNCC1. The van der Waals surface area contributed by atoms with Crippen molar-refractivity contribution in [2.75, 3.05) is 26.8 Å². The Kier molecular flexibility index (Phi) is 5.35. The largest absolute Gasteiger partial charge is 0.493 e. The smallest absolute Gasteiger partial charge is 0.312 e. The van der Waals surface area contributed by atoms with Crippen LogP contribution in [0.4, 0.5) is 4.39 Å². The molecule has 1 aromatic carbocycles. The first-order valence-corrected chi connectivity index (χ1v) is 6.87. The van der Waals surface area contributed by atoms with Crippen molar-refractivity contribution in [3.63, 3.8) is 0 Å². The van der Waals surface area contributed by atoms with Gasteiger partial charge < -0.3 is 14.8 Å². The van der Waals surface area contributed by atoms with Crippen LogP contribution in [0.2, 0.25) is 0 Å². The van der Waals surface area contributed by atoms with Gasteiger partial charge in [0, 0.05) is 0 Å². The minimum absolute atomic E-state index is 0.237. The Hall–Kier alpha value is -1.62. The Morgan fingerprint density at radius 3 is 2.60 bits per heavy atom. The summed E-state index contributed by atoms with van der Waals surface area (Å²) in [5, 5.41) is 3.27. The van der Waals surface area contributed by atoms with E-state index in [-0.39, 0.29) is 30.2 Å². The molecule has 1 atom stereocenters. The molecule has 1 aliphatic heterocycles. The summed E-state index contributed by atoms with van der Waals surface area (Å²) < 4.78 is 23.3. The molecule has 1 aromatic rings. The Bertz CT molecular complexity index is 429. The number of piperidine rings is 1. The third-order valence-corrected chi connectivity index (χ3v) is 3.70. The topological polar surface area (TPSA) is 47.6 Å². The van der Waals surface area contributed by atoms with Crippen LogP contribution in [0.5, 0.6) is 5.75 Å². The predicted octanol–water partition coefficient (Wildman–Crippen LogP) is 1.99. The normalized spacial score (nSPS) is 17.5. The molecule has 0 bridgehead atoms. The van der Waals surface area contributed by atoms with E-state index in [1.54, 1.807) is 12.1 Å². The van der Waals surface area contributed by atoms with E-state index in [1.807, 2.05) is 0 Å². The Morgan fingerprint density at radius 1 is 1.35 bits per heavy atom. The standard InChI is InChI=1S/C15H20FNO3/c1-19-15(18)14(11-6-8-17-9-7-11)10-20-13-4-2-12(16)3-5-13/h2-5,11,14,17H,6-10H2,1H3. The summed E-state index contributed by atoms with van der Waals surface area (Å²) >= 11 is 0. The summed E-state index contributed by atoms with van der Waals surface area (Å²) in [4.78, 5) is 11.9. The molecule has 1 heterocycles. The molecule has 0 spiro atoms. The Labute approximate surface area is 118 Å². The molecule has 1 N–H and O–H groups in total. The molecule has 1 saturated heterocycles. The van der Waals surface area contributed by atoms with E-state index in [2.05, 4.69) is 5.32 Å². The molecule has 1 aliphatic rings. The van der Waals surface area contributed by atoms with Crippen LogP contribution in [0.25, 0.3) is 0 Å². The first-order valence-electron chi connectivity index (χ1n) is 6.87. The number of carbonyl (C=O) groups excluding carboxylic acids is 1. The number of rotatable bonds is 5. The molecule has 1 unspecified atom stereocenters. The number of methoxy groups -OCH3 is 1. The van der Waals surface area contributed by atoms with E-state index in [1.165, 1.54) is 19.2 Å². The minimum atomic E-state index is -0.305. The van der Waals surface area contributed by atoms with Crippen molar-refractivity contribution < 1.29 is 18.7 Å². The van der Waals surface area contributed by atoms with Gasteiger partial charge in [0.05, 0.1) is 13.0 Å². The summed E-state index contributed by atoms with van der Waals surface area (Å²) in [5.41, 5.74) is 0. The molecule has 0 saturated carbocycles. The fraction of sp³-hybridized carbons (Fsp3) is 0.533. The second kappa shape index (κ2) is 7.24. The fourth-order valence-corrected chi connectivity index (χ4v) is 2.51. The van der Waals surface area contributed by atoms with Crippen molar-refractivity contribution in [3.05, 3.63) is 30.1 Å². The molecular formula is C15H20FNO3. The van der Waals surface area contributed by atoms with Crippen molar-refractivity contribution in [2.24, 2.45) is 11.8 Å². The number of hydrogen-bond donors (Lipinski definition) is 1. The van der Waals surface area contributed by atoms with Gasteiger partial charge in [-0.15, -0.1) is 0 Å². The van der Waals surface area contributed by atoms with E-state index in [4.69, 9.17) is 9.47 Å². The van der Waals surface area contributed by atoms with Crippen molar-refractivity contribution in [1.82, 2.24) is 5.32 Å². The lowest BCUT2D eigenvalue weighted by Crippen LogP contribution is -2.37. The van der Waals surface area contributed by atoms with Crippen LogP contribution in [-0.4, -0.2) is 32.8 Å². The lowest BCUT2D eigenvalue weighted by molar-refractivity contribution is -0.149. The molecule has 4 nitrogen and oxygen atoms in total. The number of hydrogen-bond acceptors (Lipinski definition) is 4. The lowest BCUT2D eigenvalue weighted by Gasteiger charge is -2.28. The summed E-state index contributed by atoms with van der Waals surface area (Å²) in [5.74, 6) is 0.0183. The van der Waals surface area contributed by atoms with Crippen molar-refractivity contribution in [3.8, 4) is 5.75 Å². The van der Waals surface area contributed by atoms with Crippen LogP contribution in [0.1, 0.15) is 12.8 Å². The minimum Gasteiger partial charge on any atom is -0.493 e. The van der Waals surface area contributed by atoms with E-state index in [9.17, 15) is 9.18 Å². The van der Waals surface area contributed by atoms with Gasteiger partial charge >= 0.3 is 5.97 Å². The highest BCUT2D eigenvalue weighted by atomic mass is 19.1. The number of benzene rings is 1. The number of carbonyl (C=O) groups is 1. The molecule has 0 radical (unpaired) electrons. The van der Waals surface area contributed by atoms with Crippen LogP contribution < -0.4 is 10.1 Å². The highest BCUT2D eigenvalue weighted by Crippen LogP contribution is 2.24. The molecule has 5 heteroatoms. The number of ether oxygens (including phenoxy) is 2. The predicted molar refractivity (Wildman–Crippen MR) is 73.0 cm³/mol. The van der Waals surface area contributed by atoms with Gasteiger partial charge in [-0.2, -0.15) is 0 Å². The zero-order valence-electron chi connectivity index (χ0n) is 11.6. The van der Waals surface area contributed by atoms with Gasteiger partial charge in [-0.25, -0.2) is 4.39 Å². The van der Waals surface area contributed by atoms with Crippen molar-refractivity contribution in [1.29, 1.82) is 0 Å². The molecule has 0 amide bonds. The molecule has 0 aliphatic carbocycles. The summed E-state index contributed by atoms with van der Waals surface area (Å²) in [7, 11) is 1.40. The van der Waals surface area contributed by atoms with Gasteiger partial charge in [0.2, 0.25) is 0 Å². The maximum absolute atomic E-state index is 12.8. The average Bonchev–Trinajstić information content (AvgIpc) is 2.50. The second-order valence-electron chi connectivity index (χ2n) is 4.98. The molecular weight excluding hydrogens is 261 g/mol. The van der Waals surface area contributed by atoms with E-state index >= 15 is 0 Å². The Balaban J connectivity index is 1.96. The van der Waals surface area contributed by atoms with Crippen LogP contribution in [0, 0.1) is 17.7 Å². The maximum Gasteiger partial charge on any atom is 0.312 e. The van der Waals surface area contributed by atoms with Gasteiger partial charge in [-0.3, -0.25) is 4.79 Å². The van der Waals surface area contributed by atoms with Crippen molar-refractivity contribution in [2.45, 2.75) is 12.8 Å². The fourth-order valence-electron chi connectivity index (χ4n) is 2.51. The molecule has 0 aromatic heterocycles. The first kappa shape index (κ1) is 14.8. The van der Waals surface area contributed by atoms with E-state index in [0.717, 1.165) is 25.9 Å². The zero-order chi connectivity index (χ0) is 14.4. The van der Waals surface area contributed by atoms with Crippen molar-refractivity contribution >= 4 is 5.97 Å². The van der Waals surface area contributed by atoms with E-state index in [0.29, 0.717) is 5.75 Å². The average molecular weight is 281 g/mol. The maximum atomic E-state index is 12.8. The number of esters is 1. The summed E-state index contributed by atoms with van der Waals surface area (Å²) in [6, 6.07) is 5.80. The molecule has 1 fully saturated rings. The van der Waals surface area contributed by atoms with Gasteiger partial charge in [0.1, 0.15) is 18.2 Å². The molecule has 110 valence electrons. The lowest BCUT2D eigenvalue weighted by atomic mass is 9.85. The van der Waals surface area contributed by atoms with Gasteiger partial charge in [-0.05, 0) is 56.1 Å². The first-order chi connectivity index (χ1) is 9.70. The third-order valence-electron chi connectivity index (χ3n) is 3.70. The second-order valence-corrected chi connectivity index (χ2v) is 4.98. The van der Waals surface area contributed by atoms with Crippen LogP contribution in [0.3, 0.4) is 0 Å². The molecule has 20 heavy (non-hydrogen) atoms. The highest BCUT2D eigenvalue weighted by Gasteiger charge is 2.31. The van der Waals surface area contributed by atoms with Gasteiger partial charge in [0.15, 0.2) is 0 Å². The Morgan fingerprint density at radius 2 is 2.00 bits per heavy atom. The van der Waals surface area contributed by atoms with E-state index < -0.39 is 0 Å². The zero-order valence-corrected chi connectivity index (χ0v) is 11.6. The van der Waals surface area contributed by atoms with Crippen LogP contribution >= 0.6 is 0 Å². The summed E-state index contributed by atoms with van der Waals surface area (Å²) in [6.45, 7) is 2.09. The highest BCUT2D eigenvalue weighted by molar-refractivity contribution is 5.72. The number of halogens is 1. The van der Waals surface area contributed by atoms with Gasteiger partial charge in [-0.1, -0.05) is 0 Å².